The monoisotopic (exact) mass is 476 g/mol. The minimum Gasteiger partial charge on any atom is -0.490 e. The molecule has 4 rings (SSSR count). The SMILES string of the molecule is Cc1ccc(N2CCN(CC(O)COc3ccc(F)cc3C(=O)CCc3ccccc3)CC2)cc1. The summed E-state index contributed by atoms with van der Waals surface area (Å²) in [6.45, 7) is 6.11. The van der Waals surface area contributed by atoms with Gasteiger partial charge < -0.3 is 14.7 Å². The maximum atomic E-state index is 13.9. The fourth-order valence-corrected chi connectivity index (χ4v) is 4.36. The highest BCUT2D eigenvalue weighted by Gasteiger charge is 2.21. The van der Waals surface area contributed by atoms with Crippen LogP contribution in [0, 0.1) is 12.7 Å². The summed E-state index contributed by atoms with van der Waals surface area (Å²) in [5.74, 6) is -0.342. The topological polar surface area (TPSA) is 53.0 Å². The first kappa shape index (κ1) is 24.9. The third kappa shape index (κ3) is 7.13. The summed E-state index contributed by atoms with van der Waals surface area (Å²) in [6, 6.07) is 22.2. The second-order valence-corrected chi connectivity index (χ2v) is 9.14. The molecule has 0 bridgehead atoms. The number of aryl methyl sites for hydroxylation is 2. The van der Waals surface area contributed by atoms with Crippen molar-refractivity contribution in [3.05, 3.63) is 95.3 Å². The van der Waals surface area contributed by atoms with Crippen molar-refractivity contribution in [1.82, 2.24) is 4.90 Å². The molecular formula is C29H33FN2O3. The molecule has 1 N–H and O–H groups in total. The van der Waals surface area contributed by atoms with E-state index in [1.807, 2.05) is 30.3 Å². The highest BCUT2D eigenvalue weighted by molar-refractivity contribution is 5.98. The standard InChI is InChI=1S/C29H33FN2O3/c1-22-7-11-25(12-8-22)32-17-15-31(16-18-32)20-26(33)21-35-29-14-10-24(30)19-27(29)28(34)13-9-23-5-3-2-4-6-23/h2-8,10-12,14,19,26,33H,9,13,15-18,20-21H2,1H3. The predicted molar refractivity (Wildman–Crippen MR) is 137 cm³/mol. The number of ether oxygens (including phenoxy) is 1. The van der Waals surface area contributed by atoms with Crippen molar-refractivity contribution >= 4 is 11.5 Å². The molecule has 0 aromatic heterocycles. The number of halogens is 1. The van der Waals surface area contributed by atoms with Crippen molar-refractivity contribution in [1.29, 1.82) is 0 Å². The summed E-state index contributed by atoms with van der Waals surface area (Å²) in [5, 5.41) is 10.6. The Morgan fingerprint density at radius 1 is 1.00 bits per heavy atom. The van der Waals surface area contributed by atoms with E-state index in [-0.39, 0.29) is 24.4 Å². The van der Waals surface area contributed by atoms with Crippen molar-refractivity contribution in [2.75, 3.05) is 44.2 Å². The van der Waals surface area contributed by atoms with Gasteiger partial charge in [-0.1, -0.05) is 48.0 Å². The molecule has 0 aliphatic carbocycles. The molecule has 3 aromatic rings. The third-order valence-electron chi connectivity index (χ3n) is 6.40. The number of β-amino-alcohol motifs (C(OH)–C–C–N with tert-alkyl or cyclic N) is 1. The van der Waals surface area contributed by atoms with Gasteiger partial charge in [-0.3, -0.25) is 9.69 Å². The molecule has 3 aromatic carbocycles. The van der Waals surface area contributed by atoms with Crippen LogP contribution >= 0.6 is 0 Å². The lowest BCUT2D eigenvalue weighted by Crippen LogP contribution is -2.49. The number of piperazine rings is 1. The summed E-state index contributed by atoms with van der Waals surface area (Å²) in [5.41, 5.74) is 3.75. The quantitative estimate of drug-likeness (QED) is 0.437. The molecule has 1 heterocycles. The number of carbonyl (C=O) groups is 1. The maximum Gasteiger partial charge on any atom is 0.167 e. The van der Waals surface area contributed by atoms with Gasteiger partial charge >= 0.3 is 0 Å². The number of anilines is 1. The molecular weight excluding hydrogens is 443 g/mol. The van der Waals surface area contributed by atoms with Gasteiger partial charge in [0.2, 0.25) is 0 Å². The lowest BCUT2D eigenvalue weighted by Gasteiger charge is -2.37. The van der Waals surface area contributed by atoms with Gasteiger partial charge in [-0.25, -0.2) is 4.39 Å². The van der Waals surface area contributed by atoms with Crippen LogP contribution in [0.5, 0.6) is 5.75 Å². The first-order valence-electron chi connectivity index (χ1n) is 12.2. The number of rotatable bonds is 10. The van der Waals surface area contributed by atoms with E-state index in [4.69, 9.17) is 4.74 Å². The number of aliphatic hydroxyl groups is 1. The third-order valence-corrected chi connectivity index (χ3v) is 6.40. The Kier molecular flexibility index (Phi) is 8.50. The van der Waals surface area contributed by atoms with Crippen LogP contribution in [-0.4, -0.2) is 61.2 Å². The first-order chi connectivity index (χ1) is 17.0. The molecule has 5 nitrogen and oxygen atoms in total. The molecule has 0 radical (unpaired) electrons. The lowest BCUT2D eigenvalue weighted by molar-refractivity contribution is 0.0655. The van der Waals surface area contributed by atoms with E-state index in [1.54, 1.807) is 0 Å². The summed E-state index contributed by atoms with van der Waals surface area (Å²) in [6.07, 6.45) is 0.128. The molecule has 1 saturated heterocycles. The zero-order valence-electron chi connectivity index (χ0n) is 20.2. The van der Waals surface area contributed by atoms with E-state index in [2.05, 4.69) is 41.0 Å². The number of carbonyl (C=O) groups excluding carboxylic acids is 1. The highest BCUT2D eigenvalue weighted by Crippen LogP contribution is 2.23. The number of hydrogen-bond donors (Lipinski definition) is 1. The largest absolute Gasteiger partial charge is 0.490 e. The summed E-state index contributed by atoms with van der Waals surface area (Å²) >= 11 is 0. The molecule has 1 atom stereocenters. The molecule has 0 amide bonds. The predicted octanol–water partition coefficient (Wildman–Crippen LogP) is 4.51. The van der Waals surface area contributed by atoms with Crippen molar-refractivity contribution in [2.45, 2.75) is 25.9 Å². The van der Waals surface area contributed by atoms with E-state index in [0.717, 1.165) is 31.7 Å². The van der Waals surface area contributed by atoms with E-state index in [9.17, 15) is 14.3 Å². The number of Topliss-reactive ketones (excluding diaryl/α,β-unsaturated/α-hetero) is 1. The molecule has 1 fully saturated rings. The molecule has 6 heteroatoms. The average molecular weight is 477 g/mol. The molecule has 0 saturated carbocycles. The molecule has 1 aliphatic rings. The number of nitrogens with zero attached hydrogens (tertiary/aromatic N) is 2. The van der Waals surface area contributed by atoms with Gasteiger partial charge in [-0.2, -0.15) is 0 Å². The molecule has 1 aliphatic heterocycles. The maximum absolute atomic E-state index is 13.9. The van der Waals surface area contributed by atoms with Gasteiger partial charge in [0.15, 0.2) is 5.78 Å². The number of aliphatic hydroxyl groups excluding tert-OH is 1. The lowest BCUT2D eigenvalue weighted by atomic mass is 10.0. The second kappa shape index (κ2) is 12.0. The highest BCUT2D eigenvalue weighted by atomic mass is 19.1. The van der Waals surface area contributed by atoms with Crippen molar-refractivity contribution in [3.8, 4) is 5.75 Å². The van der Waals surface area contributed by atoms with Gasteiger partial charge in [0.05, 0.1) is 5.56 Å². The number of ketones is 1. The van der Waals surface area contributed by atoms with Crippen LogP contribution in [0.3, 0.4) is 0 Å². The smallest absolute Gasteiger partial charge is 0.167 e. The average Bonchev–Trinajstić information content (AvgIpc) is 2.88. The normalized spacial score (nSPS) is 15.1. The fourth-order valence-electron chi connectivity index (χ4n) is 4.36. The molecule has 1 unspecified atom stereocenters. The van der Waals surface area contributed by atoms with Crippen LogP contribution in [-0.2, 0) is 6.42 Å². The Balaban J connectivity index is 1.26. The Morgan fingerprint density at radius 2 is 1.71 bits per heavy atom. The van der Waals surface area contributed by atoms with Crippen molar-refractivity contribution in [3.63, 3.8) is 0 Å². The van der Waals surface area contributed by atoms with E-state index in [1.165, 1.54) is 29.4 Å². The minimum atomic E-state index is -0.710. The summed E-state index contributed by atoms with van der Waals surface area (Å²) < 4.78 is 19.7. The molecule has 184 valence electrons. The van der Waals surface area contributed by atoms with Gasteiger partial charge in [0, 0.05) is 44.8 Å². The Labute approximate surface area is 206 Å². The van der Waals surface area contributed by atoms with Gasteiger partial charge in [0.25, 0.3) is 0 Å². The van der Waals surface area contributed by atoms with Gasteiger partial charge in [-0.05, 0) is 49.2 Å². The summed E-state index contributed by atoms with van der Waals surface area (Å²) in [4.78, 5) is 17.4. The zero-order valence-corrected chi connectivity index (χ0v) is 20.2. The van der Waals surface area contributed by atoms with Crippen LogP contribution in [0.25, 0.3) is 0 Å². The van der Waals surface area contributed by atoms with E-state index in [0.29, 0.717) is 18.7 Å². The summed E-state index contributed by atoms with van der Waals surface area (Å²) in [7, 11) is 0. The fraction of sp³-hybridized carbons (Fsp3) is 0.345. The van der Waals surface area contributed by atoms with Gasteiger partial charge in [0.1, 0.15) is 24.3 Å². The zero-order chi connectivity index (χ0) is 24.6. The number of benzene rings is 3. The van der Waals surface area contributed by atoms with E-state index < -0.39 is 11.9 Å². The Morgan fingerprint density at radius 3 is 2.43 bits per heavy atom. The van der Waals surface area contributed by atoms with E-state index >= 15 is 0 Å². The van der Waals surface area contributed by atoms with Crippen LogP contribution < -0.4 is 9.64 Å². The second-order valence-electron chi connectivity index (χ2n) is 9.14. The van der Waals surface area contributed by atoms with Crippen LogP contribution in [0.4, 0.5) is 10.1 Å². The van der Waals surface area contributed by atoms with Gasteiger partial charge in [-0.15, -0.1) is 0 Å². The molecule has 0 spiro atoms. The van der Waals surface area contributed by atoms with Crippen LogP contribution in [0.2, 0.25) is 0 Å². The van der Waals surface area contributed by atoms with Crippen LogP contribution in [0.15, 0.2) is 72.8 Å². The minimum absolute atomic E-state index is 0.0444. The Bertz CT molecular complexity index is 1100. The number of hydrogen-bond acceptors (Lipinski definition) is 5. The van der Waals surface area contributed by atoms with Crippen molar-refractivity contribution in [2.24, 2.45) is 0 Å². The first-order valence-corrected chi connectivity index (χ1v) is 12.2. The Hall–Kier alpha value is -3.22. The molecule has 35 heavy (non-hydrogen) atoms. The van der Waals surface area contributed by atoms with Crippen molar-refractivity contribution < 1.29 is 19.0 Å². The van der Waals surface area contributed by atoms with Crippen LogP contribution in [0.1, 0.15) is 27.9 Å².